The van der Waals surface area contributed by atoms with Crippen LogP contribution in [0.5, 0.6) is 0 Å². The van der Waals surface area contributed by atoms with Gasteiger partial charge in [0, 0.05) is 9.92 Å². The normalized spacial score (nSPS) is 10.6. The number of Topliss-reactive ketones (excluding diaryl/α,β-unsaturated/α-hetero) is 1. The first-order valence-corrected chi connectivity index (χ1v) is 7.70. The van der Waals surface area contributed by atoms with Crippen molar-refractivity contribution in [2.75, 3.05) is 5.75 Å². The van der Waals surface area contributed by atoms with Crippen molar-refractivity contribution in [2.24, 2.45) is 0 Å². The fraction of sp³-hybridized carbons (Fsp3) is 0.0714. The summed E-state index contributed by atoms with van der Waals surface area (Å²) in [6.07, 6.45) is 0. The number of thioether (sulfide) groups is 1. The summed E-state index contributed by atoms with van der Waals surface area (Å²) in [6.45, 7) is 0. The Balaban J connectivity index is 2.15. The zero-order valence-corrected chi connectivity index (χ0v) is 13.2. The zero-order chi connectivity index (χ0) is 14.7. The molecule has 0 aromatic heterocycles. The summed E-state index contributed by atoms with van der Waals surface area (Å²) in [6, 6.07) is 9.21. The van der Waals surface area contributed by atoms with E-state index in [9.17, 15) is 13.6 Å². The Morgan fingerprint density at radius 3 is 2.70 bits per heavy atom. The maximum absolute atomic E-state index is 13.8. The van der Waals surface area contributed by atoms with Crippen LogP contribution in [0.3, 0.4) is 0 Å². The van der Waals surface area contributed by atoms with Gasteiger partial charge in [0.2, 0.25) is 0 Å². The molecular weight excluding hydrogens is 370 g/mol. The average molecular weight is 378 g/mol. The molecule has 0 bridgehead atoms. The van der Waals surface area contributed by atoms with Gasteiger partial charge in [-0.1, -0.05) is 17.7 Å². The van der Waals surface area contributed by atoms with Gasteiger partial charge in [-0.3, -0.25) is 4.79 Å². The number of carbonyl (C=O) groups excluding carboxylic acids is 1. The van der Waals surface area contributed by atoms with E-state index < -0.39 is 23.0 Å². The molecule has 104 valence electrons. The highest BCUT2D eigenvalue weighted by atomic mass is 79.9. The van der Waals surface area contributed by atoms with Gasteiger partial charge in [-0.15, -0.1) is 11.8 Å². The van der Waals surface area contributed by atoms with Gasteiger partial charge in [0.05, 0.1) is 15.8 Å². The Labute approximate surface area is 132 Å². The Bertz CT molecular complexity index is 664. The Hall–Kier alpha value is -0.910. The van der Waals surface area contributed by atoms with Gasteiger partial charge in [-0.2, -0.15) is 0 Å². The van der Waals surface area contributed by atoms with Crippen molar-refractivity contribution in [2.45, 2.75) is 4.90 Å². The molecule has 0 fully saturated rings. The van der Waals surface area contributed by atoms with Crippen LogP contribution >= 0.6 is 39.3 Å². The Morgan fingerprint density at radius 2 is 2.00 bits per heavy atom. The molecule has 2 aromatic rings. The number of benzene rings is 2. The average Bonchev–Trinajstić information content (AvgIpc) is 2.41. The standard InChI is InChI=1S/C14H8BrClF2OS/c15-10-4-5-11(17)13(14(10)18)12(19)7-20-9-3-1-2-8(16)6-9/h1-6H,7H2. The van der Waals surface area contributed by atoms with Crippen LogP contribution in [-0.4, -0.2) is 11.5 Å². The molecule has 1 nitrogen and oxygen atoms in total. The molecule has 0 saturated carbocycles. The summed E-state index contributed by atoms with van der Waals surface area (Å²) in [5.74, 6) is -2.40. The summed E-state index contributed by atoms with van der Waals surface area (Å²) in [5, 5.41) is 0.544. The van der Waals surface area contributed by atoms with Crippen LogP contribution < -0.4 is 0 Å². The van der Waals surface area contributed by atoms with Crippen molar-refractivity contribution in [3.05, 3.63) is 63.1 Å². The van der Waals surface area contributed by atoms with Gasteiger partial charge >= 0.3 is 0 Å². The van der Waals surface area contributed by atoms with Crippen LogP contribution in [0, 0.1) is 11.6 Å². The molecule has 0 amide bonds. The third-order valence-electron chi connectivity index (χ3n) is 2.49. The van der Waals surface area contributed by atoms with E-state index in [4.69, 9.17) is 11.6 Å². The lowest BCUT2D eigenvalue weighted by atomic mass is 10.1. The molecule has 0 radical (unpaired) electrons. The number of ketones is 1. The van der Waals surface area contributed by atoms with Crippen LogP contribution in [0.2, 0.25) is 5.02 Å². The van der Waals surface area contributed by atoms with Crippen LogP contribution in [0.4, 0.5) is 8.78 Å². The van der Waals surface area contributed by atoms with E-state index in [0.717, 1.165) is 11.0 Å². The Kier molecular flexibility index (Phi) is 5.18. The first kappa shape index (κ1) is 15.5. The topological polar surface area (TPSA) is 17.1 Å². The van der Waals surface area contributed by atoms with Crippen molar-refractivity contribution in [1.29, 1.82) is 0 Å². The van der Waals surface area contributed by atoms with Crippen molar-refractivity contribution in [3.8, 4) is 0 Å². The fourth-order valence-corrected chi connectivity index (χ4v) is 2.97. The summed E-state index contributed by atoms with van der Waals surface area (Å²) in [7, 11) is 0. The molecule has 0 heterocycles. The summed E-state index contributed by atoms with van der Waals surface area (Å²) in [4.78, 5) is 12.7. The minimum Gasteiger partial charge on any atom is -0.293 e. The number of hydrogen-bond acceptors (Lipinski definition) is 2. The molecule has 2 rings (SSSR count). The van der Waals surface area contributed by atoms with Crippen LogP contribution in [0.1, 0.15) is 10.4 Å². The monoisotopic (exact) mass is 376 g/mol. The van der Waals surface area contributed by atoms with Crippen LogP contribution in [0.15, 0.2) is 45.8 Å². The number of rotatable bonds is 4. The molecule has 0 atom stereocenters. The molecule has 6 heteroatoms. The number of carbonyl (C=O) groups is 1. The van der Waals surface area contributed by atoms with Gasteiger partial charge in [-0.25, -0.2) is 8.78 Å². The number of hydrogen-bond donors (Lipinski definition) is 0. The van der Waals surface area contributed by atoms with E-state index in [0.29, 0.717) is 5.02 Å². The van der Waals surface area contributed by atoms with E-state index in [2.05, 4.69) is 15.9 Å². The second-order valence-electron chi connectivity index (χ2n) is 3.89. The lowest BCUT2D eigenvalue weighted by molar-refractivity contribution is 0.101. The van der Waals surface area contributed by atoms with E-state index in [-0.39, 0.29) is 10.2 Å². The van der Waals surface area contributed by atoms with Crippen molar-refractivity contribution < 1.29 is 13.6 Å². The molecule has 0 aliphatic carbocycles. The summed E-state index contributed by atoms with van der Waals surface area (Å²) >= 11 is 9.94. The molecule has 0 N–H and O–H groups in total. The highest BCUT2D eigenvalue weighted by Gasteiger charge is 2.19. The molecule has 2 aromatic carbocycles. The van der Waals surface area contributed by atoms with Gasteiger partial charge < -0.3 is 0 Å². The van der Waals surface area contributed by atoms with E-state index in [1.807, 2.05) is 0 Å². The first-order chi connectivity index (χ1) is 9.49. The van der Waals surface area contributed by atoms with Crippen molar-refractivity contribution >= 4 is 45.1 Å². The maximum Gasteiger partial charge on any atom is 0.179 e. The van der Waals surface area contributed by atoms with Crippen molar-refractivity contribution in [3.63, 3.8) is 0 Å². The molecule has 0 aliphatic heterocycles. The SMILES string of the molecule is O=C(CSc1cccc(Cl)c1)c1c(F)ccc(Br)c1F. The molecule has 0 unspecified atom stereocenters. The van der Waals surface area contributed by atoms with Gasteiger partial charge in [-0.05, 0) is 46.3 Å². The second kappa shape index (κ2) is 6.70. The lowest BCUT2D eigenvalue weighted by Crippen LogP contribution is -2.09. The zero-order valence-electron chi connectivity index (χ0n) is 10.00. The fourth-order valence-electron chi connectivity index (χ4n) is 1.56. The Morgan fingerprint density at radius 1 is 1.25 bits per heavy atom. The minimum atomic E-state index is -0.873. The summed E-state index contributed by atoms with van der Waals surface area (Å²) in [5.41, 5.74) is -0.520. The smallest absolute Gasteiger partial charge is 0.179 e. The summed E-state index contributed by atoms with van der Waals surface area (Å²) < 4.78 is 27.4. The quantitative estimate of drug-likeness (QED) is 0.405. The highest BCUT2D eigenvalue weighted by Crippen LogP contribution is 2.26. The molecule has 0 saturated heterocycles. The predicted octanol–water partition coefficient (Wildman–Crippen LogP) is 5.36. The highest BCUT2D eigenvalue weighted by molar-refractivity contribution is 9.10. The van der Waals surface area contributed by atoms with Crippen LogP contribution in [-0.2, 0) is 0 Å². The minimum absolute atomic E-state index is 0.0648. The van der Waals surface area contributed by atoms with Crippen LogP contribution in [0.25, 0.3) is 0 Å². The van der Waals surface area contributed by atoms with Crippen molar-refractivity contribution in [1.82, 2.24) is 0 Å². The molecule has 0 spiro atoms. The van der Waals surface area contributed by atoms with Gasteiger partial charge in [0.25, 0.3) is 0 Å². The third kappa shape index (κ3) is 3.59. The van der Waals surface area contributed by atoms with E-state index in [1.54, 1.807) is 24.3 Å². The second-order valence-corrected chi connectivity index (χ2v) is 6.23. The number of halogens is 4. The first-order valence-electron chi connectivity index (χ1n) is 5.54. The molecule has 20 heavy (non-hydrogen) atoms. The largest absolute Gasteiger partial charge is 0.293 e. The van der Waals surface area contributed by atoms with E-state index in [1.165, 1.54) is 17.8 Å². The molecule has 0 aliphatic rings. The maximum atomic E-state index is 13.8. The lowest BCUT2D eigenvalue weighted by Gasteiger charge is -2.06. The van der Waals surface area contributed by atoms with E-state index >= 15 is 0 Å². The molecular formula is C14H8BrClF2OS. The third-order valence-corrected chi connectivity index (χ3v) is 4.33. The predicted molar refractivity (Wildman–Crippen MR) is 80.6 cm³/mol. The van der Waals surface area contributed by atoms with Gasteiger partial charge in [0.15, 0.2) is 11.6 Å². The van der Waals surface area contributed by atoms with Gasteiger partial charge in [0.1, 0.15) is 5.82 Å².